The topological polar surface area (TPSA) is 57.5 Å². The average Bonchev–Trinajstić information content (AvgIpc) is 2.92. The number of likely N-dealkylation sites (tertiary alicyclic amines) is 1. The Kier molecular flexibility index (Phi) is 6.53. The first-order valence-corrected chi connectivity index (χ1v) is 7.92. The highest BCUT2D eigenvalue weighted by molar-refractivity contribution is 5.79. The third-order valence-corrected chi connectivity index (χ3v) is 3.86. The van der Waals surface area contributed by atoms with Gasteiger partial charge in [-0.1, -0.05) is 6.42 Å². The van der Waals surface area contributed by atoms with Crippen LogP contribution in [0, 0.1) is 0 Å². The molecule has 2 rings (SSSR count). The molecule has 0 unspecified atom stereocenters. The van der Waals surface area contributed by atoms with E-state index >= 15 is 0 Å². The summed E-state index contributed by atoms with van der Waals surface area (Å²) in [5.41, 5.74) is 1.24. The van der Waals surface area contributed by atoms with Crippen molar-refractivity contribution in [3.05, 3.63) is 18.0 Å². The lowest BCUT2D eigenvalue weighted by atomic mass is 10.1. The summed E-state index contributed by atoms with van der Waals surface area (Å²) in [4.78, 5) is 6.79. The van der Waals surface area contributed by atoms with Gasteiger partial charge in [0.25, 0.3) is 0 Å². The number of piperidine rings is 1. The van der Waals surface area contributed by atoms with Gasteiger partial charge in [-0.2, -0.15) is 5.10 Å². The van der Waals surface area contributed by atoms with E-state index in [1.807, 2.05) is 31.2 Å². The number of aromatic nitrogens is 2. The van der Waals surface area contributed by atoms with Crippen molar-refractivity contribution in [1.29, 1.82) is 0 Å². The predicted octanol–water partition coefficient (Wildman–Crippen LogP) is 0.614. The molecular formula is C15H28N6. The van der Waals surface area contributed by atoms with Crippen LogP contribution in [0.25, 0.3) is 0 Å². The lowest BCUT2D eigenvalue weighted by Gasteiger charge is -2.26. The molecule has 21 heavy (non-hydrogen) atoms. The minimum atomic E-state index is 0.870. The molecular weight excluding hydrogens is 264 g/mol. The smallest absolute Gasteiger partial charge is 0.191 e. The Bertz CT molecular complexity index is 433. The minimum Gasteiger partial charge on any atom is -0.356 e. The van der Waals surface area contributed by atoms with Crippen molar-refractivity contribution in [3.63, 3.8) is 0 Å². The molecule has 1 saturated heterocycles. The Morgan fingerprint density at radius 1 is 1.24 bits per heavy atom. The number of aliphatic imine (C=N–C) groups is 1. The molecule has 1 aromatic heterocycles. The normalized spacial score (nSPS) is 17.0. The zero-order valence-corrected chi connectivity index (χ0v) is 13.3. The quantitative estimate of drug-likeness (QED) is 0.596. The van der Waals surface area contributed by atoms with E-state index in [0.717, 1.165) is 32.0 Å². The van der Waals surface area contributed by atoms with Gasteiger partial charge in [0, 0.05) is 39.9 Å². The summed E-state index contributed by atoms with van der Waals surface area (Å²) >= 11 is 0. The second-order valence-electron chi connectivity index (χ2n) is 5.60. The molecule has 118 valence electrons. The molecule has 2 heterocycles. The van der Waals surface area contributed by atoms with Gasteiger partial charge in [-0.25, -0.2) is 0 Å². The lowest BCUT2D eigenvalue weighted by Crippen LogP contribution is -2.43. The number of guanidine groups is 1. The van der Waals surface area contributed by atoms with E-state index in [1.54, 1.807) is 0 Å². The van der Waals surface area contributed by atoms with Crippen LogP contribution in [-0.2, 0) is 13.5 Å². The van der Waals surface area contributed by atoms with Crippen molar-refractivity contribution in [1.82, 2.24) is 25.3 Å². The summed E-state index contributed by atoms with van der Waals surface area (Å²) in [5, 5.41) is 10.9. The molecule has 0 bridgehead atoms. The van der Waals surface area contributed by atoms with Crippen LogP contribution in [0.1, 0.15) is 24.8 Å². The number of nitrogens with zero attached hydrogens (tertiary/aromatic N) is 4. The molecule has 0 radical (unpaired) electrons. The zero-order chi connectivity index (χ0) is 14.9. The molecule has 0 saturated carbocycles. The van der Waals surface area contributed by atoms with Gasteiger partial charge in [-0.05, 0) is 37.9 Å². The summed E-state index contributed by atoms with van der Waals surface area (Å²) in [6, 6.07) is 0. The molecule has 1 fully saturated rings. The predicted molar refractivity (Wildman–Crippen MR) is 86.6 cm³/mol. The Morgan fingerprint density at radius 3 is 2.67 bits per heavy atom. The van der Waals surface area contributed by atoms with Gasteiger partial charge in [-0.3, -0.25) is 9.67 Å². The number of aryl methyl sites for hydroxylation is 1. The van der Waals surface area contributed by atoms with E-state index in [1.165, 1.54) is 37.9 Å². The van der Waals surface area contributed by atoms with Crippen molar-refractivity contribution in [2.75, 3.05) is 39.8 Å². The Labute approximate surface area is 127 Å². The third-order valence-electron chi connectivity index (χ3n) is 3.86. The largest absolute Gasteiger partial charge is 0.356 e. The summed E-state index contributed by atoms with van der Waals surface area (Å²) in [5.74, 6) is 0.885. The molecule has 6 nitrogen and oxygen atoms in total. The van der Waals surface area contributed by atoms with E-state index < -0.39 is 0 Å². The van der Waals surface area contributed by atoms with Crippen molar-refractivity contribution in [3.8, 4) is 0 Å². The first-order valence-electron chi connectivity index (χ1n) is 7.92. The van der Waals surface area contributed by atoms with E-state index in [2.05, 4.69) is 25.6 Å². The van der Waals surface area contributed by atoms with Gasteiger partial charge in [0.05, 0.1) is 6.20 Å². The van der Waals surface area contributed by atoms with Gasteiger partial charge in [-0.15, -0.1) is 0 Å². The van der Waals surface area contributed by atoms with Crippen LogP contribution in [0.15, 0.2) is 17.4 Å². The number of hydrogen-bond donors (Lipinski definition) is 2. The number of nitrogens with one attached hydrogen (secondary N) is 2. The summed E-state index contributed by atoms with van der Waals surface area (Å²) < 4.78 is 1.83. The second kappa shape index (κ2) is 8.67. The summed E-state index contributed by atoms with van der Waals surface area (Å²) in [7, 11) is 3.76. The molecule has 0 aromatic carbocycles. The number of hydrogen-bond acceptors (Lipinski definition) is 3. The highest BCUT2D eigenvalue weighted by Crippen LogP contribution is 2.07. The number of rotatable bonds is 6. The molecule has 6 heteroatoms. The molecule has 1 aliphatic heterocycles. The Morgan fingerprint density at radius 2 is 2.00 bits per heavy atom. The van der Waals surface area contributed by atoms with Gasteiger partial charge in [0.15, 0.2) is 5.96 Å². The fourth-order valence-electron chi connectivity index (χ4n) is 2.66. The van der Waals surface area contributed by atoms with Gasteiger partial charge < -0.3 is 15.5 Å². The monoisotopic (exact) mass is 292 g/mol. The van der Waals surface area contributed by atoms with Crippen molar-refractivity contribution >= 4 is 5.96 Å². The highest BCUT2D eigenvalue weighted by atomic mass is 15.2. The Hall–Kier alpha value is -1.56. The van der Waals surface area contributed by atoms with Gasteiger partial charge in [0.2, 0.25) is 0 Å². The Balaban J connectivity index is 1.59. The van der Waals surface area contributed by atoms with Crippen molar-refractivity contribution in [2.24, 2.45) is 12.0 Å². The second-order valence-corrected chi connectivity index (χ2v) is 5.60. The molecule has 0 amide bonds. The maximum Gasteiger partial charge on any atom is 0.191 e. The lowest BCUT2D eigenvalue weighted by molar-refractivity contribution is 0.232. The SMILES string of the molecule is CN=C(NCCc1cnn(C)c1)NCCN1CCCCC1. The molecule has 0 aliphatic carbocycles. The first-order chi connectivity index (χ1) is 10.3. The molecule has 2 N–H and O–H groups in total. The van der Waals surface area contributed by atoms with Crippen LogP contribution in [0.5, 0.6) is 0 Å². The minimum absolute atomic E-state index is 0.870. The van der Waals surface area contributed by atoms with E-state index in [-0.39, 0.29) is 0 Å². The van der Waals surface area contributed by atoms with E-state index in [0.29, 0.717) is 0 Å². The van der Waals surface area contributed by atoms with Crippen molar-refractivity contribution < 1.29 is 0 Å². The molecule has 1 aromatic rings. The van der Waals surface area contributed by atoms with Gasteiger partial charge in [0.1, 0.15) is 0 Å². The molecule has 0 spiro atoms. The van der Waals surface area contributed by atoms with Crippen LogP contribution in [0.4, 0.5) is 0 Å². The summed E-state index contributed by atoms with van der Waals surface area (Å²) in [6.07, 6.45) is 9.00. The zero-order valence-electron chi connectivity index (χ0n) is 13.3. The van der Waals surface area contributed by atoms with Crippen LogP contribution in [0.3, 0.4) is 0 Å². The maximum absolute atomic E-state index is 4.26. The van der Waals surface area contributed by atoms with E-state index in [9.17, 15) is 0 Å². The fourth-order valence-corrected chi connectivity index (χ4v) is 2.66. The van der Waals surface area contributed by atoms with Crippen LogP contribution in [0.2, 0.25) is 0 Å². The summed E-state index contributed by atoms with van der Waals surface area (Å²) in [6.45, 7) is 5.41. The van der Waals surface area contributed by atoms with Crippen LogP contribution in [-0.4, -0.2) is 60.4 Å². The third kappa shape index (κ3) is 5.75. The maximum atomic E-state index is 4.26. The fraction of sp³-hybridized carbons (Fsp3) is 0.733. The van der Waals surface area contributed by atoms with Gasteiger partial charge >= 0.3 is 0 Å². The van der Waals surface area contributed by atoms with Crippen molar-refractivity contribution in [2.45, 2.75) is 25.7 Å². The van der Waals surface area contributed by atoms with Crippen LogP contribution >= 0.6 is 0 Å². The standard InChI is InChI=1S/C15H28N6/c1-16-15(17-7-6-14-12-19-20(2)13-14)18-8-11-21-9-4-3-5-10-21/h12-13H,3-11H2,1-2H3,(H2,16,17,18). The van der Waals surface area contributed by atoms with E-state index in [4.69, 9.17) is 0 Å². The highest BCUT2D eigenvalue weighted by Gasteiger charge is 2.09. The van der Waals surface area contributed by atoms with Crippen LogP contribution < -0.4 is 10.6 Å². The first kappa shape index (κ1) is 15.8. The molecule has 0 atom stereocenters. The average molecular weight is 292 g/mol. The molecule has 1 aliphatic rings.